The number of sulfonamides is 1. The predicted octanol–water partition coefficient (Wildman–Crippen LogP) is 2.93. The normalized spacial score (nSPS) is 19.3. The van der Waals surface area contributed by atoms with Crippen LogP contribution in [0.2, 0.25) is 5.02 Å². The van der Waals surface area contributed by atoms with Crippen molar-refractivity contribution in [3.8, 4) is 0 Å². The highest BCUT2D eigenvalue weighted by atomic mass is 35.5. The quantitative estimate of drug-likeness (QED) is 0.475. The minimum absolute atomic E-state index is 0.0508. The Kier molecular flexibility index (Phi) is 7.06. The number of nitrogens with zero attached hydrogens (tertiary/aromatic N) is 4. The summed E-state index contributed by atoms with van der Waals surface area (Å²) in [5.41, 5.74) is 0.283. The molecule has 37 heavy (non-hydrogen) atoms. The molecule has 2 atom stereocenters. The van der Waals surface area contributed by atoms with E-state index in [1.165, 1.54) is 17.2 Å². The van der Waals surface area contributed by atoms with Gasteiger partial charge >= 0.3 is 0 Å². The Morgan fingerprint density at radius 2 is 1.84 bits per heavy atom. The van der Waals surface area contributed by atoms with Gasteiger partial charge in [-0.1, -0.05) is 23.7 Å². The van der Waals surface area contributed by atoms with Crippen LogP contribution in [0.3, 0.4) is 0 Å². The Hall–Kier alpha value is -3.21. The number of halogens is 1. The van der Waals surface area contributed by atoms with Crippen LogP contribution in [0.25, 0.3) is 10.8 Å². The molecule has 0 saturated carbocycles. The zero-order valence-electron chi connectivity index (χ0n) is 20.3. The highest BCUT2D eigenvalue weighted by Gasteiger charge is 2.45. The number of pyridine rings is 1. The molecule has 3 heterocycles. The summed E-state index contributed by atoms with van der Waals surface area (Å²) in [6.45, 7) is 3.81. The number of amides is 2. The molecule has 194 valence electrons. The average molecular weight is 543 g/mol. The largest absolute Gasteiger partial charge is 0.378 e. The number of hydrogen-bond donors (Lipinski definition) is 0. The molecule has 2 fully saturated rings. The Morgan fingerprint density at radius 1 is 1.11 bits per heavy atom. The summed E-state index contributed by atoms with van der Waals surface area (Å²) < 4.78 is 34.6. The molecule has 2 saturated heterocycles. The molecule has 3 aromatic rings. The maximum Gasteiger partial charge on any atom is 0.265 e. The number of rotatable bonds is 6. The van der Waals surface area contributed by atoms with Crippen LogP contribution in [0.5, 0.6) is 0 Å². The van der Waals surface area contributed by atoms with Gasteiger partial charge in [0, 0.05) is 30.9 Å². The van der Waals surface area contributed by atoms with Crippen molar-refractivity contribution in [2.75, 3.05) is 37.2 Å². The fraction of sp³-hybridized carbons (Fsp3) is 0.346. The van der Waals surface area contributed by atoms with Crippen molar-refractivity contribution < 1.29 is 22.7 Å². The van der Waals surface area contributed by atoms with Gasteiger partial charge in [-0.15, -0.1) is 0 Å². The molecule has 2 aliphatic heterocycles. The van der Waals surface area contributed by atoms with E-state index in [1.54, 1.807) is 60.5 Å². The van der Waals surface area contributed by atoms with Crippen LogP contribution in [-0.2, 0) is 24.3 Å². The van der Waals surface area contributed by atoms with Gasteiger partial charge in [0.2, 0.25) is 11.8 Å². The van der Waals surface area contributed by atoms with Crippen molar-refractivity contribution in [1.82, 2.24) is 14.8 Å². The zero-order chi connectivity index (χ0) is 26.2. The molecule has 11 heteroatoms. The lowest BCUT2D eigenvalue weighted by molar-refractivity contribution is -0.145. The summed E-state index contributed by atoms with van der Waals surface area (Å²) in [5.74, 6) is -0.574. The minimum atomic E-state index is -4.16. The van der Waals surface area contributed by atoms with Gasteiger partial charge in [0.25, 0.3) is 10.0 Å². The van der Waals surface area contributed by atoms with E-state index in [9.17, 15) is 18.0 Å². The van der Waals surface area contributed by atoms with E-state index in [-0.39, 0.29) is 29.5 Å². The molecule has 9 nitrogen and oxygen atoms in total. The number of aromatic nitrogens is 1. The van der Waals surface area contributed by atoms with Crippen molar-refractivity contribution in [1.29, 1.82) is 0 Å². The molecule has 0 unspecified atom stereocenters. The number of fused-ring (bicyclic) bond motifs is 1. The second-order valence-electron chi connectivity index (χ2n) is 9.12. The molecule has 2 aliphatic rings. The third-order valence-corrected chi connectivity index (χ3v) is 8.94. The van der Waals surface area contributed by atoms with Gasteiger partial charge in [-0.2, -0.15) is 0 Å². The lowest BCUT2D eigenvalue weighted by Crippen LogP contribution is -2.53. The number of ether oxygens (including phenoxy) is 1. The highest BCUT2D eigenvalue weighted by Crippen LogP contribution is 2.32. The first-order chi connectivity index (χ1) is 17.8. The third kappa shape index (κ3) is 4.88. The van der Waals surface area contributed by atoms with Crippen molar-refractivity contribution in [2.24, 2.45) is 0 Å². The van der Waals surface area contributed by atoms with E-state index in [4.69, 9.17) is 16.3 Å². The average Bonchev–Trinajstić information content (AvgIpc) is 3.29. The van der Waals surface area contributed by atoms with E-state index in [0.717, 1.165) is 9.69 Å². The number of anilines is 1. The molecule has 2 aromatic carbocycles. The summed E-state index contributed by atoms with van der Waals surface area (Å²) in [6, 6.07) is 11.5. The Balaban J connectivity index is 1.48. The summed E-state index contributed by atoms with van der Waals surface area (Å²) in [5, 5.41) is 2.07. The van der Waals surface area contributed by atoms with Gasteiger partial charge < -0.3 is 14.5 Å². The third-order valence-electron chi connectivity index (χ3n) is 6.87. The maximum atomic E-state index is 14.0. The first-order valence-electron chi connectivity index (χ1n) is 12.1. The minimum Gasteiger partial charge on any atom is -0.378 e. The first-order valence-corrected chi connectivity index (χ1v) is 13.9. The van der Waals surface area contributed by atoms with E-state index in [1.807, 2.05) is 0 Å². The summed E-state index contributed by atoms with van der Waals surface area (Å²) in [7, 11) is -4.16. The Bertz CT molecular complexity index is 1430. The SMILES string of the molecule is C[C@@H](C(=O)N1CCOCC1)N1CC[C@H](N(c2cccnc2)S(=O)(=O)c2ccc3cc(Cl)ccc3c2)C1=O. The van der Waals surface area contributed by atoms with E-state index in [2.05, 4.69) is 4.98 Å². The summed E-state index contributed by atoms with van der Waals surface area (Å²) in [6.07, 6.45) is 3.22. The number of carbonyl (C=O) groups excluding carboxylic acids is 2. The lowest BCUT2D eigenvalue weighted by atomic mass is 10.1. The van der Waals surface area contributed by atoms with Gasteiger partial charge in [-0.05, 0) is 60.5 Å². The van der Waals surface area contributed by atoms with E-state index >= 15 is 0 Å². The molecule has 1 aromatic heterocycles. The molecule has 0 bridgehead atoms. The van der Waals surface area contributed by atoms with Gasteiger partial charge in [0.05, 0.1) is 30.0 Å². The van der Waals surface area contributed by atoms with Crippen LogP contribution in [-0.4, -0.2) is 79.9 Å². The second-order valence-corrected chi connectivity index (χ2v) is 11.4. The number of hydrogen-bond acceptors (Lipinski definition) is 6. The highest BCUT2D eigenvalue weighted by molar-refractivity contribution is 7.93. The number of carbonyl (C=O) groups is 2. The van der Waals surface area contributed by atoms with Gasteiger partial charge in [-0.3, -0.25) is 18.9 Å². The van der Waals surface area contributed by atoms with Crippen molar-refractivity contribution in [3.63, 3.8) is 0 Å². The Morgan fingerprint density at radius 3 is 2.57 bits per heavy atom. The van der Waals surface area contributed by atoms with Crippen molar-refractivity contribution in [2.45, 2.75) is 30.3 Å². The standard InChI is InChI=1S/C26H27ClN4O5S/c1-18(25(32)29-11-13-36-14-12-29)30-10-8-24(26(30)33)31(22-3-2-9-28-17-22)37(34,35)23-7-5-19-15-21(27)6-4-20(19)16-23/h2-7,9,15-18,24H,8,10-14H2,1H3/t18-,24-/m0/s1. The van der Waals surface area contributed by atoms with E-state index in [0.29, 0.717) is 36.7 Å². The zero-order valence-corrected chi connectivity index (χ0v) is 21.9. The monoisotopic (exact) mass is 542 g/mol. The fourth-order valence-corrected chi connectivity index (χ4v) is 6.75. The van der Waals surface area contributed by atoms with E-state index < -0.39 is 28.0 Å². The molecular weight excluding hydrogens is 516 g/mol. The maximum absolute atomic E-state index is 14.0. The van der Waals surface area contributed by atoms with Crippen molar-refractivity contribution >= 4 is 49.9 Å². The molecule has 0 spiro atoms. The van der Waals surface area contributed by atoms with Crippen LogP contribution in [0.1, 0.15) is 13.3 Å². The van der Waals surface area contributed by atoms with Gasteiger partial charge in [0.1, 0.15) is 12.1 Å². The topological polar surface area (TPSA) is 100 Å². The number of benzene rings is 2. The molecule has 0 radical (unpaired) electrons. The van der Waals surface area contributed by atoms with Gasteiger partial charge in [0.15, 0.2) is 0 Å². The van der Waals surface area contributed by atoms with Crippen LogP contribution < -0.4 is 4.31 Å². The number of morpholine rings is 1. The fourth-order valence-electron chi connectivity index (χ4n) is 4.91. The smallest absolute Gasteiger partial charge is 0.265 e. The molecule has 5 rings (SSSR count). The number of likely N-dealkylation sites (tertiary alicyclic amines) is 1. The van der Waals surface area contributed by atoms with Gasteiger partial charge in [-0.25, -0.2) is 8.42 Å². The lowest BCUT2D eigenvalue weighted by Gasteiger charge is -2.33. The Labute approximate surface area is 220 Å². The molecular formula is C26H27ClN4O5S. The molecule has 0 N–H and O–H groups in total. The predicted molar refractivity (Wildman–Crippen MR) is 140 cm³/mol. The van der Waals surface area contributed by atoms with Crippen LogP contribution in [0.15, 0.2) is 65.8 Å². The summed E-state index contributed by atoms with van der Waals surface area (Å²) >= 11 is 6.08. The second kappa shape index (κ2) is 10.3. The first kappa shape index (κ1) is 25.4. The van der Waals surface area contributed by atoms with Crippen LogP contribution >= 0.6 is 11.6 Å². The van der Waals surface area contributed by atoms with Crippen molar-refractivity contribution in [3.05, 3.63) is 65.9 Å². The van der Waals surface area contributed by atoms with Crippen LogP contribution in [0, 0.1) is 0 Å². The summed E-state index contributed by atoms with van der Waals surface area (Å²) in [4.78, 5) is 34.0. The van der Waals surface area contributed by atoms with Crippen LogP contribution in [0.4, 0.5) is 5.69 Å². The molecule has 0 aliphatic carbocycles. The molecule has 2 amide bonds.